The van der Waals surface area contributed by atoms with Crippen molar-refractivity contribution >= 4 is 21.9 Å². The SMILES string of the molecule is CCCC(CCN)CNc1ncc(Br)cn1. The van der Waals surface area contributed by atoms with Crippen LogP contribution in [0.4, 0.5) is 5.95 Å². The van der Waals surface area contributed by atoms with Crippen LogP contribution in [0.3, 0.4) is 0 Å². The van der Waals surface area contributed by atoms with Gasteiger partial charge in [0, 0.05) is 18.9 Å². The Hall–Kier alpha value is -0.680. The molecule has 1 heterocycles. The first-order valence-electron chi connectivity index (χ1n) is 5.67. The molecule has 5 heteroatoms. The molecule has 0 radical (unpaired) electrons. The van der Waals surface area contributed by atoms with Gasteiger partial charge in [0.15, 0.2) is 0 Å². The number of rotatable bonds is 7. The van der Waals surface area contributed by atoms with E-state index in [1.807, 2.05) is 0 Å². The molecule has 0 fully saturated rings. The van der Waals surface area contributed by atoms with E-state index in [0.29, 0.717) is 11.9 Å². The Morgan fingerprint density at radius 1 is 1.38 bits per heavy atom. The highest BCUT2D eigenvalue weighted by Crippen LogP contribution is 2.12. The summed E-state index contributed by atoms with van der Waals surface area (Å²) in [7, 11) is 0. The van der Waals surface area contributed by atoms with E-state index in [1.54, 1.807) is 12.4 Å². The highest BCUT2D eigenvalue weighted by atomic mass is 79.9. The zero-order chi connectivity index (χ0) is 11.8. The summed E-state index contributed by atoms with van der Waals surface area (Å²) in [5.41, 5.74) is 5.58. The molecule has 1 unspecified atom stereocenters. The van der Waals surface area contributed by atoms with Crippen molar-refractivity contribution in [3.8, 4) is 0 Å². The molecule has 0 saturated carbocycles. The van der Waals surface area contributed by atoms with Gasteiger partial charge in [0.2, 0.25) is 5.95 Å². The molecule has 0 spiro atoms. The van der Waals surface area contributed by atoms with Crippen LogP contribution in [0, 0.1) is 5.92 Å². The van der Waals surface area contributed by atoms with Crippen molar-refractivity contribution in [2.24, 2.45) is 11.7 Å². The maximum Gasteiger partial charge on any atom is 0.222 e. The number of hydrogen-bond donors (Lipinski definition) is 2. The van der Waals surface area contributed by atoms with E-state index in [2.05, 4.69) is 38.1 Å². The van der Waals surface area contributed by atoms with Gasteiger partial charge in [-0.1, -0.05) is 13.3 Å². The second-order valence-corrected chi connectivity index (χ2v) is 4.75. The zero-order valence-corrected chi connectivity index (χ0v) is 11.2. The first kappa shape index (κ1) is 13.4. The van der Waals surface area contributed by atoms with Crippen molar-refractivity contribution in [3.63, 3.8) is 0 Å². The predicted octanol–water partition coefficient (Wildman–Crippen LogP) is 2.42. The molecule has 1 aromatic heterocycles. The van der Waals surface area contributed by atoms with Gasteiger partial charge in [-0.25, -0.2) is 9.97 Å². The van der Waals surface area contributed by atoms with Crippen LogP contribution >= 0.6 is 15.9 Å². The van der Waals surface area contributed by atoms with E-state index >= 15 is 0 Å². The molecule has 4 nitrogen and oxygen atoms in total. The molecule has 0 aromatic carbocycles. The van der Waals surface area contributed by atoms with Crippen LogP contribution in [-0.2, 0) is 0 Å². The third-order valence-electron chi connectivity index (χ3n) is 2.44. The summed E-state index contributed by atoms with van der Waals surface area (Å²) in [4.78, 5) is 8.34. The highest BCUT2D eigenvalue weighted by Gasteiger charge is 2.07. The molecule has 1 rings (SSSR count). The summed E-state index contributed by atoms with van der Waals surface area (Å²) in [6.07, 6.45) is 6.92. The molecule has 0 amide bonds. The van der Waals surface area contributed by atoms with Gasteiger partial charge in [-0.15, -0.1) is 0 Å². The Bertz CT molecular complexity index is 283. The van der Waals surface area contributed by atoms with Gasteiger partial charge in [-0.2, -0.15) is 0 Å². The van der Waals surface area contributed by atoms with Crippen molar-refractivity contribution < 1.29 is 0 Å². The Kier molecular flexibility index (Phi) is 6.33. The quantitative estimate of drug-likeness (QED) is 0.808. The number of nitrogens with one attached hydrogen (secondary N) is 1. The van der Waals surface area contributed by atoms with Crippen LogP contribution in [0.5, 0.6) is 0 Å². The van der Waals surface area contributed by atoms with E-state index in [9.17, 15) is 0 Å². The average molecular weight is 287 g/mol. The fourth-order valence-corrected chi connectivity index (χ4v) is 1.84. The number of nitrogens with two attached hydrogens (primary N) is 1. The predicted molar refractivity (Wildman–Crippen MR) is 70.3 cm³/mol. The maximum absolute atomic E-state index is 5.58. The Labute approximate surface area is 105 Å². The molecular weight excluding hydrogens is 268 g/mol. The van der Waals surface area contributed by atoms with Gasteiger partial charge in [-0.05, 0) is 41.2 Å². The highest BCUT2D eigenvalue weighted by molar-refractivity contribution is 9.10. The van der Waals surface area contributed by atoms with Crippen LogP contribution in [0.15, 0.2) is 16.9 Å². The minimum Gasteiger partial charge on any atom is -0.354 e. The second-order valence-electron chi connectivity index (χ2n) is 3.84. The topological polar surface area (TPSA) is 63.8 Å². The van der Waals surface area contributed by atoms with Crippen LogP contribution in [0.2, 0.25) is 0 Å². The van der Waals surface area contributed by atoms with Gasteiger partial charge in [0.25, 0.3) is 0 Å². The van der Waals surface area contributed by atoms with Crippen molar-refractivity contribution in [2.75, 3.05) is 18.4 Å². The summed E-state index contributed by atoms with van der Waals surface area (Å²) in [5.74, 6) is 1.29. The summed E-state index contributed by atoms with van der Waals surface area (Å²) >= 11 is 3.31. The Morgan fingerprint density at radius 3 is 2.62 bits per heavy atom. The largest absolute Gasteiger partial charge is 0.354 e. The third-order valence-corrected chi connectivity index (χ3v) is 2.85. The van der Waals surface area contributed by atoms with E-state index in [-0.39, 0.29) is 0 Å². The first-order chi connectivity index (χ1) is 7.76. The third kappa shape index (κ3) is 4.90. The van der Waals surface area contributed by atoms with E-state index in [1.165, 1.54) is 12.8 Å². The van der Waals surface area contributed by atoms with E-state index < -0.39 is 0 Å². The van der Waals surface area contributed by atoms with E-state index in [0.717, 1.165) is 24.0 Å². The molecule has 0 aliphatic heterocycles. The number of hydrogen-bond acceptors (Lipinski definition) is 4. The van der Waals surface area contributed by atoms with Gasteiger partial charge in [-0.3, -0.25) is 0 Å². The average Bonchev–Trinajstić information content (AvgIpc) is 2.29. The Morgan fingerprint density at radius 2 is 2.06 bits per heavy atom. The van der Waals surface area contributed by atoms with Gasteiger partial charge < -0.3 is 11.1 Å². The standard InChI is InChI=1S/C11H19BrN4/c1-2-3-9(4-5-13)6-14-11-15-7-10(12)8-16-11/h7-9H,2-6,13H2,1H3,(H,14,15,16). The minimum atomic E-state index is 0.613. The van der Waals surface area contributed by atoms with Crippen LogP contribution in [0.1, 0.15) is 26.2 Å². The van der Waals surface area contributed by atoms with Crippen LogP contribution in [-0.4, -0.2) is 23.1 Å². The number of aromatic nitrogens is 2. The molecule has 0 saturated heterocycles. The molecule has 90 valence electrons. The number of nitrogens with zero attached hydrogens (tertiary/aromatic N) is 2. The van der Waals surface area contributed by atoms with Gasteiger partial charge in [0.1, 0.15) is 0 Å². The molecule has 0 aliphatic carbocycles. The number of anilines is 1. The molecule has 3 N–H and O–H groups in total. The summed E-state index contributed by atoms with van der Waals surface area (Å²) in [6.45, 7) is 3.83. The minimum absolute atomic E-state index is 0.613. The molecule has 1 atom stereocenters. The van der Waals surface area contributed by atoms with Crippen LogP contribution < -0.4 is 11.1 Å². The van der Waals surface area contributed by atoms with Gasteiger partial charge in [0.05, 0.1) is 4.47 Å². The summed E-state index contributed by atoms with van der Waals surface area (Å²) in [5, 5.41) is 3.24. The Balaban J connectivity index is 2.38. The molecular formula is C11H19BrN4. The normalized spacial score (nSPS) is 12.4. The lowest BCUT2D eigenvalue weighted by Crippen LogP contribution is -2.18. The monoisotopic (exact) mass is 286 g/mol. The van der Waals surface area contributed by atoms with Crippen molar-refractivity contribution in [1.82, 2.24) is 9.97 Å². The molecule has 0 aliphatic rings. The lowest BCUT2D eigenvalue weighted by molar-refractivity contribution is 0.472. The van der Waals surface area contributed by atoms with Crippen molar-refractivity contribution in [1.29, 1.82) is 0 Å². The smallest absolute Gasteiger partial charge is 0.222 e. The summed E-state index contributed by atoms with van der Waals surface area (Å²) < 4.78 is 0.894. The van der Waals surface area contributed by atoms with E-state index in [4.69, 9.17) is 5.73 Å². The van der Waals surface area contributed by atoms with Crippen molar-refractivity contribution in [2.45, 2.75) is 26.2 Å². The fourth-order valence-electron chi connectivity index (χ4n) is 1.63. The van der Waals surface area contributed by atoms with Gasteiger partial charge >= 0.3 is 0 Å². The fraction of sp³-hybridized carbons (Fsp3) is 0.636. The lowest BCUT2D eigenvalue weighted by Gasteiger charge is -2.15. The molecule has 0 bridgehead atoms. The van der Waals surface area contributed by atoms with Crippen molar-refractivity contribution in [3.05, 3.63) is 16.9 Å². The second kappa shape index (κ2) is 7.57. The maximum atomic E-state index is 5.58. The first-order valence-corrected chi connectivity index (χ1v) is 6.47. The lowest BCUT2D eigenvalue weighted by atomic mass is 10.00. The van der Waals surface area contributed by atoms with Crippen LogP contribution in [0.25, 0.3) is 0 Å². The molecule has 1 aromatic rings. The summed E-state index contributed by atoms with van der Waals surface area (Å²) in [6, 6.07) is 0. The zero-order valence-electron chi connectivity index (χ0n) is 9.62. The number of halogens is 1. The molecule has 16 heavy (non-hydrogen) atoms.